The van der Waals surface area contributed by atoms with Crippen LogP contribution in [0.25, 0.3) is 0 Å². The molecule has 1 N–H and O–H groups in total. The molecule has 2 nitrogen and oxygen atoms in total. The van der Waals surface area contributed by atoms with E-state index in [4.69, 9.17) is 0 Å². The Labute approximate surface area is 123 Å². The zero-order valence-electron chi connectivity index (χ0n) is 13.9. The van der Waals surface area contributed by atoms with Gasteiger partial charge in [-0.05, 0) is 61.8 Å². The van der Waals surface area contributed by atoms with Crippen molar-refractivity contribution in [2.45, 2.75) is 78.3 Å². The van der Waals surface area contributed by atoms with Crippen LogP contribution >= 0.6 is 0 Å². The first-order chi connectivity index (χ1) is 9.43. The lowest BCUT2D eigenvalue weighted by Gasteiger charge is -2.42. The summed E-state index contributed by atoms with van der Waals surface area (Å²) in [4.78, 5) is 0. The lowest BCUT2D eigenvalue weighted by molar-refractivity contribution is -0.241. The Morgan fingerprint density at radius 3 is 1.35 bits per heavy atom. The van der Waals surface area contributed by atoms with Crippen molar-refractivity contribution in [3.05, 3.63) is 34.4 Å². The maximum Gasteiger partial charge on any atom is 0.0717 e. The number of nitrogens with zero attached hydrogens (tertiary/aromatic N) is 1. The highest BCUT2D eigenvalue weighted by Gasteiger charge is 2.55. The molecule has 20 heavy (non-hydrogen) atoms. The van der Waals surface area contributed by atoms with Crippen molar-refractivity contribution in [1.29, 1.82) is 0 Å². The van der Waals surface area contributed by atoms with Crippen LogP contribution in [0.5, 0.6) is 0 Å². The first-order valence-electron chi connectivity index (χ1n) is 8.04. The quantitative estimate of drug-likeness (QED) is 0.832. The average Bonchev–Trinajstić information content (AvgIpc) is 2.65. The van der Waals surface area contributed by atoms with E-state index in [-0.39, 0.29) is 11.1 Å². The van der Waals surface area contributed by atoms with E-state index in [1.165, 1.54) is 22.3 Å². The highest BCUT2D eigenvalue weighted by Crippen LogP contribution is 2.55. The number of rotatable bonds is 4. The molecule has 0 aliphatic carbocycles. The molecule has 2 rings (SSSR count). The summed E-state index contributed by atoms with van der Waals surface area (Å²) in [5.74, 6) is 0. The minimum Gasteiger partial charge on any atom is -0.312 e. The summed E-state index contributed by atoms with van der Waals surface area (Å²) < 4.78 is 0. The minimum absolute atomic E-state index is 0.222. The fraction of sp³-hybridized carbons (Fsp3) is 0.667. The summed E-state index contributed by atoms with van der Waals surface area (Å²) >= 11 is 0. The van der Waals surface area contributed by atoms with E-state index in [2.05, 4.69) is 53.7 Å². The fourth-order valence-corrected chi connectivity index (χ4v) is 4.08. The van der Waals surface area contributed by atoms with Crippen molar-refractivity contribution in [3.63, 3.8) is 0 Å². The molecule has 0 radical (unpaired) electrons. The Balaban J connectivity index is 2.80. The highest BCUT2D eigenvalue weighted by atomic mass is 16.5. The summed E-state index contributed by atoms with van der Waals surface area (Å²) in [6.07, 6.45) is 3.77. The Bertz CT molecular complexity index is 453. The first-order valence-corrected chi connectivity index (χ1v) is 8.04. The molecule has 0 bridgehead atoms. The van der Waals surface area contributed by atoms with E-state index in [0.29, 0.717) is 0 Å². The van der Waals surface area contributed by atoms with Gasteiger partial charge in [0.25, 0.3) is 0 Å². The van der Waals surface area contributed by atoms with Crippen LogP contribution in [0.2, 0.25) is 0 Å². The molecule has 1 aliphatic heterocycles. The lowest BCUT2D eigenvalue weighted by Crippen LogP contribution is -2.48. The molecule has 0 unspecified atom stereocenters. The maximum absolute atomic E-state index is 11.1. The van der Waals surface area contributed by atoms with Gasteiger partial charge in [0, 0.05) is 0 Å². The summed E-state index contributed by atoms with van der Waals surface area (Å²) in [5.41, 5.74) is 4.89. The van der Waals surface area contributed by atoms with Crippen LogP contribution in [-0.4, -0.2) is 10.3 Å². The second-order valence-corrected chi connectivity index (χ2v) is 6.27. The van der Waals surface area contributed by atoms with Crippen molar-refractivity contribution < 1.29 is 5.21 Å². The minimum atomic E-state index is -0.222. The fourth-order valence-electron chi connectivity index (χ4n) is 4.08. The molecular weight excluding hydrogens is 246 g/mol. The van der Waals surface area contributed by atoms with Gasteiger partial charge in [0.2, 0.25) is 0 Å². The number of benzene rings is 1. The molecule has 1 aliphatic rings. The van der Waals surface area contributed by atoms with Gasteiger partial charge in [-0.1, -0.05) is 39.8 Å². The zero-order chi connectivity index (χ0) is 15.1. The molecule has 1 aromatic carbocycles. The Morgan fingerprint density at radius 2 is 1.10 bits per heavy atom. The zero-order valence-corrected chi connectivity index (χ0v) is 13.9. The van der Waals surface area contributed by atoms with Crippen LogP contribution in [0.1, 0.15) is 75.6 Å². The van der Waals surface area contributed by atoms with E-state index in [1.807, 2.05) is 0 Å². The lowest BCUT2D eigenvalue weighted by atomic mass is 9.81. The molecular formula is C18H29NO. The number of fused-ring (bicyclic) bond motifs is 1. The van der Waals surface area contributed by atoms with E-state index >= 15 is 0 Å². The third-order valence-electron chi connectivity index (χ3n) is 5.79. The standard InChI is InChI=1S/C18H29NO/c1-7-17(8-2)15-11-13(5)14(6)12-16(15)18(9-3,10-4)19(17)20/h11-12,20H,7-10H2,1-6H3. The molecule has 0 saturated carbocycles. The van der Waals surface area contributed by atoms with Crippen LogP contribution in [0, 0.1) is 13.8 Å². The van der Waals surface area contributed by atoms with Gasteiger partial charge in [0.05, 0.1) is 11.1 Å². The molecule has 0 fully saturated rings. The third-order valence-corrected chi connectivity index (χ3v) is 5.79. The van der Waals surface area contributed by atoms with Crippen LogP contribution < -0.4 is 0 Å². The Kier molecular flexibility index (Phi) is 4.01. The van der Waals surface area contributed by atoms with Gasteiger partial charge in [-0.3, -0.25) is 0 Å². The first kappa shape index (κ1) is 15.5. The Hall–Kier alpha value is -0.860. The number of hydrogen-bond acceptors (Lipinski definition) is 2. The second kappa shape index (κ2) is 5.16. The topological polar surface area (TPSA) is 23.5 Å². The smallest absolute Gasteiger partial charge is 0.0717 e. The van der Waals surface area contributed by atoms with Crippen LogP contribution in [0.3, 0.4) is 0 Å². The van der Waals surface area contributed by atoms with Crippen LogP contribution in [0.4, 0.5) is 0 Å². The predicted molar refractivity (Wildman–Crippen MR) is 84.1 cm³/mol. The number of hydroxylamine groups is 2. The predicted octanol–water partition coefficient (Wildman–Crippen LogP) is 5.04. The maximum atomic E-state index is 11.1. The van der Waals surface area contributed by atoms with E-state index < -0.39 is 0 Å². The summed E-state index contributed by atoms with van der Waals surface area (Å²) in [7, 11) is 0. The number of aryl methyl sites for hydroxylation is 2. The average molecular weight is 275 g/mol. The molecule has 112 valence electrons. The van der Waals surface area contributed by atoms with Crippen molar-refractivity contribution in [2.75, 3.05) is 0 Å². The van der Waals surface area contributed by atoms with Gasteiger partial charge in [-0.2, -0.15) is 5.06 Å². The summed E-state index contributed by atoms with van der Waals surface area (Å²) in [6.45, 7) is 13.1. The third kappa shape index (κ3) is 1.71. The molecule has 0 spiro atoms. The summed E-state index contributed by atoms with van der Waals surface area (Å²) in [5, 5.41) is 12.8. The van der Waals surface area contributed by atoms with E-state index in [1.54, 1.807) is 5.06 Å². The monoisotopic (exact) mass is 275 g/mol. The van der Waals surface area contributed by atoms with Crippen molar-refractivity contribution in [3.8, 4) is 0 Å². The van der Waals surface area contributed by atoms with E-state index in [9.17, 15) is 5.21 Å². The van der Waals surface area contributed by atoms with Gasteiger partial charge < -0.3 is 5.21 Å². The largest absolute Gasteiger partial charge is 0.312 e. The molecule has 2 heteroatoms. The second-order valence-electron chi connectivity index (χ2n) is 6.27. The normalized spacial score (nSPS) is 20.1. The van der Waals surface area contributed by atoms with Crippen molar-refractivity contribution in [1.82, 2.24) is 5.06 Å². The van der Waals surface area contributed by atoms with Gasteiger partial charge in [-0.25, -0.2) is 0 Å². The summed E-state index contributed by atoms with van der Waals surface area (Å²) in [6, 6.07) is 4.63. The Morgan fingerprint density at radius 1 is 0.800 bits per heavy atom. The SMILES string of the molecule is CCC1(CC)c2cc(C)c(C)cc2C(CC)(CC)N1O. The number of hydrogen-bond donors (Lipinski definition) is 1. The molecule has 0 amide bonds. The van der Waals surface area contributed by atoms with Crippen LogP contribution in [-0.2, 0) is 11.1 Å². The van der Waals surface area contributed by atoms with Crippen molar-refractivity contribution >= 4 is 0 Å². The molecule has 1 heterocycles. The molecule has 0 saturated heterocycles. The van der Waals surface area contributed by atoms with Crippen LogP contribution in [0.15, 0.2) is 12.1 Å². The highest BCUT2D eigenvalue weighted by molar-refractivity contribution is 5.49. The van der Waals surface area contributed by atoms with Gasteiger partial charge in [-0.15, -0.1) is 0 Å². The van der Waals surface area contributed by atoms with Gasteiger partial charge >= 0.3 is 0 Å². The molecule has 1 aromatic rings. The van der Waals surface area contributed by atoms with Crippen molar-refractivity contribution in [2.24, 2.45) is 0 Å². The van der Waals surface area contributed by atoms with E-state index in [0.717, 1.165) is 25.7 Å². The van der Waals surface area contributed by atoms with Gasteiger partial charge in [0.15, 0.2) is 0 Å². The molecule has 0 aromatic heterocycles. The van der Waals surface area contributed by atoms with Gasteiger partial charge in [0.1, 0.15) is 0 Å². The molecule has 0 atom stereocenters.